The fourth-order valence-corrected chi connectivity index (χ4v) is 2.71. The van der Waals surface area contributed by atoms with Crippen LogP contribution in [0.1, 0.15) is 12.5 Å². The number of hydrogen-bond donors (Lipinski definition) is 0. The molecule has 1 nitrogen and oxygen atoms in total. The molecule has 0 radical (unpaired) electrons. The normalized spacial score (nSPS) is 17.9. The van der Waals surface area contributed by atoms with Crippen LogP contribution in [0.4, 0.5) is 0 Å². The Hall–Kier alpha value is -0.470. The molecule has 0 amide bonds. The number of nitrogens with zero attached hydrogens (tertiary/aromatic N) is 1. The zero-order valence-corrected chi connectivity index (χ0v) is 8.81. The molecule has 13 heavy (non-hydrogen) atoms. The molecule has 0 saturated heterocycles. The summed E-state index contributed by atoms with van der Waals surface area (Å²) in [6.45, 7) is 5.74. The molecule has 0 spiro atoms. The van der Waals surface area contributed by atoms with E-state index in [1.54, 1.807) is 0 Å². The van der Waals surface area contributed by atoms with Crippen LogP contribution in [-0.4, -0.2) is 23.7 Å². The Morgan fingerprint density at radius 1 is 1.38 bits per heavy atom. The van der Waals surface area contributed by atoms with E-state index >= 15 is 0 Å². The van der Waals surface area contributed by atoms with E-state index in [4.69, 9.17) is 0 Å². The standard InChI is InChI=1S/C11H15NS/c1-2-12-7-8-13-11-6-4-3-5-10(11)9-12/h3-6H,2,7-9H2,1H3. The van der Waals surface area contributed by atoms with Crippen LogP contribution in [-0.2, 0) is 6.54 Å². The van der Waals surface area contributed by atoms with Crippen LogP contribution in [0.3, 0.4) is 0 Å². The van der Waals surface area contributed by atoms with Crippen molar-refractivity contribution in [3.8, 4) is 0 Å². The number of thioether (sulfide) groups is 1. The molecule has 1 aliphatic heterocycles. The lowest BCUT2D eigenvalue weighted by Crippen LogP contribution is -2.23. The molecule has 2 heteroatoms. The van der Waals surface area contributed by atoms with Gasteiger partial charge in [-0.1, -0.05) is 25.1 Å². The molecule has 0 fully saturated rings. The fraction of sp³-hybridized carbons (Fsp3) is 0.455. The zero-order valence-electron chi connectivity index (χ0n) is 7.99. The van der Waals surface area contributed by atoms with Crippen molar-refractivity contribution >= 4 is 11.8 Å². The smallest absolute Gasteiger partial charge is 0.0245 e. The first kappa shape index (κ1) is 9.10. The highest BCUT2D eigenvalue weighted by Gasteiger charge is 2.11. The monoisotopic (exact) mass is 193 g/mol. The summed E-state index contributed by atoms with van der Waals surface area (Å²) in [4.78, 5) is 3.97. The Morgan fingerprint density at radius 2 is 2.23 bits per heavy atom. The Balaban J connectivity index is 2.23. The van der Waals surface area contributed by atoms with Gasteiger partial charge in [-0.3, -0.25) is 4.90 Å². The van der Waals surface area contributed by atoms with Gasteiger partial charge in [0.2, 0.25) is 0 Å². The zero-order chi connectivity index (χ0) is 9.10. The largest absolute Gasteiger partial charge is 0.298 e. The molecule has 70 valence electrons. The van der Waals surface area contributed by atoms with Gasteiger partial charge in [-0.25, -0.2) is 0 Å². The molecular weight excluding hydrogens is 178 g/mol. The molecule has 0 bridgehead atoms. The Bertz CT molecular complexity index is 285. The van der Waals surface area contributed by atoms with Crippen LogP contribution in [0.15, 0.2) is 29.2 Å². The number of rotatable bonds is 1. The van der Waals surface area contributed by atoms with Crippen LogP contribution in [0.25, 0.3) is 0 Å². The lowest BCUT2D eigenvalue weighted by Gasteiger charge is -2.16. The first-order valence-electron chi connectivity index (χ1n) is 4.83. The average molecular weight is 193 g/mol. The molecule has 2 rings (SSSR count). The molecular formula is C11H15NS. The van der Waals surface area contributed by atoms with E-state index in [-0.39, 0.29) is 0 Å². The maximum atomic E-state index is 2.50. The first-order valence-corrected chi connectivity index (χ1v) is 5.82. The molecule has 0 aliphatic carbocycles. The lowest BCUT2D eigenvalue weighted by molar-refractivity contribution is 0.299. The summed E-state index contributed by atoms with van der Waals surface area (Å²) in [6, 6.07) is 8.75. The number of fused-ring (bicyclic) bond motifs is 1. The van der Waals surface area contributed by atoms with Gasteiger partial charge in [-0.05, 0) is 18.2 Å². The van der Waals surface area contributed by atoms with Crippen molar-refractivity contribution in [1.29, 1.82) is 0 Å². The predicted molar refractivity (Wildman–Crippen MR) is 58.1 cm³/mol. The average Bonchev–Trinajstić information content (AvgIpc) is 2.38. The predicted octanol–water partition coefficient (Wildman–Crippen LogP) is 2.61. The summed E-state index contributed by atoms with van der Waals surface area (Å²) in [5, 5.41) is 0. The number of benzene rings is 1. The molecule has 0 unspecified atom stereocenters. The van der Waals surface area contributed by atoms with E-state index in [2.05, 4.69) is 36.1 Å². The lowest BCUT2D eigenvalue weighted by atomic mass is 10.2. The van der Waals surface area contributed by atoms with Gasteiger partial charge >= 0.3 is 0 Å². The maximum Gasteiger partial charge on any atom is 0.0245 e. The minimum Gasteiger partial charge on any atom is -0.298 e. The summed E-state index contributed by atoms with van der Waals surface area (Å²) in [7, 11) is 0. The summed E-state index contributed by atoms with van der Waals surface area (Å²) in [6.07, 6.45) is 0. The van der Waals surface area contributed by atoms with Crippen LogP contribution in [0.5, 0.6) is 0 Å². The Labute approximate surface area is 84.1 Å². The highest BCUT2D eigenvalue weighted by atomic mass is 32.2. The highest BCUT2D eigenvalue weighted by molar-refractivity contribution is 7.99. The van der Waals surface area contributed by atoms with Crippen molar-refractivity contribution < 1.29 is 0 Å². The van der Waals surface area contributed by atoms with Gasteiger partial charge in [-0.2, -0.15) is 0 Å². The fourth-order valence-electron chi connectivity index (χ4n) is 1.65. The molecule has 1 heterocycles. The van der Waals surface area contributed by atoms with E-state index in [1.807, 2.05) is 11.8 Å². The van der Waals surface area contributed by atoms with Crippen LogP contribution >= 0.6 is 11.8 Å². The van der Waals surface area contributed by atoms with E-state index < -0.39 is 0 Å². The minimum atomic E-state index is 1.12. The molecule has 1 aromatic rings. The van der Waals surface area contributed by atoms with Crippen molar-refractivity contribution in [3.05, 3.63) is 29.8 Å². The Kier molecular flexibility index (Phi) is 2.91. The quantitative estimate of drug-likeness (QED) is 0.674. The molecule has 0 N–H and O–H groups in total. The minimum absolute atomic E-state index is 1.12. The van der Waals surface area contributed by atoms with Crippen LogP contribution in [0.2, 0.25) is 0 Å². The van der Waals surface area contributed by atoms with Crippen molar-refractivity contribution in [3.63, 3.8) is 0 Å². The maximum absolute atomic E-state index is 2.50. The highest BCUT2D eigenvalue weighted by Crippen LogP contribution is 2.26. The van der Waals surface area contributed by atoms with Crippen molar-refractivity contribution in [2.45, 2.75) is 18.4 Å². The molecule has 0 saturated carbocycles. The third-order valence-corrected chi connectivity index (χ3v) is 3.57. The molecule has 0 aromatic heterocycles. The van der Waals surface area contributed by atoms with Gasteiger partial charge in [0.15, 0.2) is 0 Å². The second-order valence-electron chi connectivity index (χ2n) is 3.32. The molecule has 1 aromatic carbocycles. The van der Waals surface area contributed by atoms with Gasteiger partial charge in [0.1, 0.15) is 0 Å². The van der Waals surface area contributed by atoms with E-state index in [1.165, 1.54) is 22.8 Å². The second kappa shape index (κ2) is 4.16. The van der Waals surface area contributed by atoms with Crippen LogP contribution < -0.4 is 0 Å². The van der Waals surface area contributed by atoms with Gasteiger partial charge in [0.05, 0.1) is 0 Å². The number of hydrogen-bond acceptors (Lipinski definition) is 2. The van der Waals surface area contributed by atoms with E-state index in [0.29, 0.717) is 0 Å². The first-order chi connectivity index (χ1) is 6.40. The Morgan fingerprint density at radius 3 is 3.08 bits per heavy atom. The van der Waals surface area contributed by atoms with Crippen molar-refractivity contribution in [2.24, 2.45) is 0 Å². The third-order valence-electron chi connectivity index (χ3n) is 2.48. The van der Waals surface area contributed by atoms with E-state index in [9.17, 15) is 0 Å². The van der Waals surface area contributed by atoms with Crippen molar-refractivity contribution in [1.82, 2.24) is 4.90 Å². The summed E-state index contributed by atoms with van der Waals surface area (Å²) >= 11 is 1.99. The third kappa shape index (κ3) is 2.06. The summed E-state index contributed by atoms with van der Waals surface area (Å²) in [5.74, 6) is 1.23. The SMILES string of the molecule is CCN1CCSc2ccccc2C1. The van der Waals surface area contributed by atoms with Crippen molar-refractivity contribution in [2.75, 3.05) is 18.8 Å². The van der Waals surface area contributed by atoms with Gasteiger partial charge < -0.3 is 0 Å². The van der Waals surface area contributed by atoms with Gasteiger partial charge in [0.25, 0.3) is 0 Å². The van der Waals surface area contributed by atoms with Gasteiger partial charge in [0, 0.05) is 23.7 Å². The summed E-state index contributed by atoms with van der Waals surface area (Å²) in [5.41, 5.74) is 1.49. The molecule has 1 aliphatic rings. The second-order valence-corrected chi connectivity index (χ2v) is 4.46. The van der Waals surface area contributed by atoms with Crippen LogP contribution in [0, 0.1) is 0 Å². The van der Waals surface area contributed by atoms with E-state index in [0.717, 1.165) is 13.1 Å². The topological polar surface area (TPSA) is 3.24 Å². The van der Waals surface area contributed by atoms with Gasteiger partial charge in [-0.15, -0.1) is 11.8 Å². The molecule has 0 atom stereocenters. The summed E-state index contributed by atoms with van der Waals surface area (Å²) < 4.78 is 0.